The van der Waals surface area contributed by atoms with Crippen LogP contribution in [0, 0.1) is 17.8 Å². The topological polar surface area (TPSA) is 202 Å². The van der Waals surface area contributed by atoms with Gasteiger partial charge >= 0.3 is 251 Å². The number of esters is 2. The van der Waals surface area contributed by atoms with E-state index >= 15 is 0 Å². The van der Waals surface area contributed by atoms with E-state index in [4.69, 9.17) is 63.1 Å². The van der Waals surface area contributed by atoms with Gasteiger partial charge in [-0.1, -0.05) is 0 Å². The zero-order valence-corrected chi connectivity index (χ0v) is 48.1. The molecule has 6 aromatic carbocycles. The van der Waals surface area contributed by atoms with Gasteiger partial charge in [-0.25, -0.2) is 4.79 Å². The average Bonchev–Trinajstić information content (AvgIpc) is 2.18. The fraction of sp³-hybridized carbons (Fsp3) is 0.262. The van der Waals surface area contributed by atoms with Crippen LogP contribution in [0.3, 0.4) is 0 Å². The van der Waals surface area contributed by atoms with E-state index in [1.54, 1.807) is 41.7 Å². The molecule has 16 rings (SSSR count). The second-order valence-electron chi connectivity index (χ2n) is 21.7. The molecule has 20 heteroatoms. The molecular formula is C65H56CuN10O9. The van der Waals surface area contributed by atoms with E-state index in [-0.39, 0.29) is 29.4 Å². The molecule has 3 aromatic heterocycles. The number of methoxy groups -OCH3 is 6. The van der Waals surface area contributed by atoms with Crippen molar-refractivity contribution >= 4 is 79.4 Å². The zero-order valence-electron chi connectivity index (χ0n) is 47.1. The van der Waals surface area contributed by atoms with Crippen LogP contribution in [0.4, 0.5) is 11.6 Å². The van der Waals surface area contributed by atoms with Gasteiger partial charge in [0.05, 0.1) is 53.1 Å². The van der Waals surface area contributed by atoms with E-state index in [1.165, 1.54) is 45.1 Å². The summed E-state index contributed by atoms with van der Waals surface area (Å²) >= 11 is 1.62. The Balaban J connectivity index is 0.000000144. The van der Waals surface area contributed by atoms with Crippen molar-refractivity contribution in [1.82, 2.24) is 17.1 Å². The number of carbonyl (C=O) groups is 2. The van der Waals surface area contributed by atoms with Gasteiger partial charge in [-0.05, 0) is 60.9 Å². The summed E-state index contributed by atoms with van der Waals surface area (Å²) < 4.78 is 43.2. The summed E-state index contributed by atoms with van der Waals surface area (Å²) in [6, 6.07) is 42.1. The number of aliphatic imine (C=N–C) groups is 4. The maximum absolute atomic E-state index is 13.5. The minimum atomic E-state index is -0.670. The van der Waals surface area contributed by atoms with Gasteiger partial charge in [0, 0.05) is 42.9 Å². The predicted molar refractivity (Wildman–Crippen MR) is 316 cm³/mol. The van der Waals surface area contributed by atoms with E-state index in [0.29, 0.717) is 47.0 Å². The van der Waals surface area contributed by atoms with E-state index in [2.05, 4.69) is 71.6 Å². The predicted octanol–water partition coefficient (Wildman–Crippen LogP) is 9.02. The Kier molecular flexibility index (Phi) is 12.9. The Morgan fingerprint density at radius 3 is 1.69 bits per heavy atom. The molecule has 85 heavy (non-hydrogen) atoms. The number of rotatable bonds is 8. The van der Waals surface area contributed by atoms with E-state index in [1.807, 2.05) is 60.7 Å². The summed E-state index contributed by atoms with van der Waals surface area (Å²) in [7, 11) is 9.10. The summed E-state index contributed by atoms with van der Waals surface area (Å²) in [4.78, 5) is 63.9. The SMILES string of the molecule is COC(=O)[C@H]1[C@H]2C[C@@H]3c4[nH]c5cc(OC)ccc5c4CCN3C[C@H]2C[C@@H](OC(=O)c2cc(OC)c(OC)c(OC)c2)[C@@H]1OC.c1ccc2c(c1)C1=NC/2=N\c2c3ccccc3c3[n]2[Cu][n]2/c(c4ccccc4/c2=N/C2=N\C(=N/3)c3ccccc32)=N\1. The van der Waals surface area contributed by atoms with E-state index in [0.717, 1.165) is 104 Å². The van der Waals surface area contributed by atoms with Gasteiger partial charge in [0.25, 0.3) is 0 Å². The number of ether oxygens (including phenoxy) is 7. The number of amidine groups is 4. The standard InChI is InChI=1S/C33H40N2O9.C32H16N8.Cu/c1-38-19-7-8-20-21-9-10-35-16-18-13-27(44-32(36)17-11-25(39-2)30(41-4)26(12-17)40-3)31(42-5)28(33(37)43-6)22(18)15-24(35)29(21)34-23(20)14-19;1-2-10-18-17(9-1)25-33-26(18)38-28-21-13-5-6-14-22(21)30(35-28)40-32-24-16-8-7-15-23(24)31(36-32)39-29-20-12-4-3-11-19(20)27(34-29)37-25;/h7-8,11-12,14,18,22,24,27-28,31,34H,9-10,13,15-16H2,1-6H3;1-16H;/q;-2;+2/t18-,22+,24-,27-,28+,31+;;/m1../s1. The fourth-order valence-corrected chi connectivity index (χ4v) is 14.8. The average molecular weight is 1180 g/mol. The van der Waals surface area contributed by atoms with Crippen molar-refractivity contribution in [3.63, 3.8) is 0 Å². The van der Waals surface area contributed by atoms with Crippen molar-refractivity contribution in [1.29, 1.82) is 0 Å². The van der Waals surface area contributed by atoms with Crippen molar-refractivity contribution in [3.8, 4) is 23.0 Å². The van der Waals surface area contributed by atoms with Crippen LogP contribution in [-0.2, 0) is 40.8 Å². The number of piperidine rings is 1. The molecule has 6 aliphatic heterocycles. The van der Waals surface area contributed by atoms with Crippen LogP contribution in [-0.4, -0.2) is 120 Å². The molecular weight excluding hydrogens is 1130 g/mol. The molecule has 1 saturated carbocycles. The number of benzene rings is 6. The number of hydrogen-bond acceptors (Lipinski definition) is 16. The number of nitrogens with one attached hydrogen (secondary N) is 1. The molecule has 431 valence electrons. The molecule has 1 aliphatic carbocycles. The third-order valence-electron chi connectivity index (χ3n) is 17.5. The molecule has 1 N–H and O–H groups in total. The molecule has 0 amide bonds. The Bertz CT molecular complexity index is 4390. The van der Waals surface area contributed by atoms with Gasteiger partial charge < -0.3 is 38.1 Å². The quantitative estimate of drug-likeness (QED) is 0.113. The van der Waals surface area contributed by atoms with Crippen LogP contribution < -0.4 is 29.9 Å². The molecule has 9 heterocycles. The molecule has 6 atom stereocenters. The third-order valence-corrected chi connectivity index (χ3v) is 18.6. The number of H-pyrrole nitrogens is 1. The van der Waals surface area contributed by atoms with E-state index < -0.39 is 24.1 Å². The minimum absolute atomic E-state index is 0.0170. The number of aromatic nitrogens is 3. The third kappa shape index (κ3) is 8.43. The molecule has 9 aromatic rings. The summed E-state index contributed by atoms with van der Waals surface area (Å²) in [6.45, 7) is 1.68. The first kappa shape index (κ1) is 52.6. The number of fused-ring (bicyclic) bond motifs is 20. The van der Waals surface area contributed by atoms with Gasteiger partial charge in [0.1, 0.15) is 18.0 Å². The Morgan fingerprint density at radius 1 is 0.588 bits per heavy atom. The first-order valence-electron chi connectivity index (χ1n) is 28.0. The van der Waals surface area contributed by atoms with Crippen molar-refractivity contribution in [2.75, 3.05) is 55.7 Å². The molecule has 1 saturated heterocycles. The zero-order chi connectivity index (χ0) is 57.8. The molecule has 19 nitrogen and oxygen atoms in total. The number of carbonyl (C=O) groups excluding carboxylic acids is 2. The summed E-state index contributed by atoms with van der Waals surface area (Å²) in [5.41, 5.74) is 9.15. The van der Waals surface area contributed by atoms with Crippen LogP contribution in [0.2, 0.25) is 0 Å². The molecule has 2 fully saturated rings. The number of aromatic amines is 1. The Labute approximate surface area is 493 Å². The van der Waals surface area contributed by atoms with Crippen molar-refractivity contribution < 1.29 is 58.1 Å². The number of nitrogens with zero attached hydrogens (tertiary/aromatic N) is 9. The van der Waals surface area contributed by atoms with Crippen LogP contribution >= 0.6 is 0 Å². The molecule has 0 radical (unpaired) electrons. The van der Waals surface area contributed by atoms with Crippen molar-refractivity contribution in [2.24, 2.45) is 47.7 Å². The fourth-order valence-electron chi connectivity index (χ4n) is 13.6. The van der Waals surface area contributed by atoms with Gasteiger partial charge in [-0.3, -0.25) is 9.69 Å². The normalized spacial score (nSPS) is 23.2. The Morgan fingerprint density at radius 2 is 1.15 bits per heavy atom. The molecule has 0 unspecified atom stereocenters. The molecule has 7 aliphatic rings. The maximum atomic E-state index is 13.5. The summed E-state index contributed by atoms with van der Waals surface area (Å²) in [5, 5.41) is 5.14. The van der Waals surface area contributed by atoms with Crippen LogP contribution in [0.15, 0.2) is 157 Å². The molecule has 0 spiro atoms. The summed E-state index contributed by atoms with van der Waals surface area (Å²) in [5.74, 6) is 4.48. The first-order valence-corrected chi connectivity index (χ1v) is 28.9. The second-order valence-corrected chi connectivity index (χ2v) is 22.7. The van der Waals surface area contributed by atoms with Crippen LogP contribution in [0.5, 0.6) is 23.0 Å². The van der Waals surface area contributed by atoms with Crippen LogP contribution in [0.1, 0.15) is 62.8 Å². The van der Waals surface area contributed by atoms with Gasteiger partial charge in [0.2, 0.25) is 5.75 Å². The Hall–Kier alpha value is -9.20. The van der Waals surface area contributed by atoms with Gasteiger partial charge in [-0.2, -0.15) is 0 Å². The van der Waals surface area contributed by atoms with Gasteiger partial charge in [-0.15, -0.1) is 0 Å². The van der Waals surface area contributed by atoms with Crippen molar-refractivity contribution in [3.05, 3.63) is 177 Å². The van der Waals surface area contributed by atoms with E-state index in [9.17, 15) is 9.59 Å². The monoisotopic (exact) mass is 1180 g/mol. The molecule has 6 bridgehead atoms. The summed E-state index contributed by atoms with van der Waals surface area (Å²) in [6.07, 6.45) is 0.920. The van der Waals surface area contributed by atoms with Crippen molar-refractivity contribution in [2.45, 2.75) is 37.5 Å². The second kappa shape index (κ2) is 20.8. The number of hydrogen-bond donors (Lipinski definition) is 1. The first-order chi connectivity index (χ1) is 41.7. The van der Waals surface area contributed by atoms with Crippen LogP contribution in [0.25, 0.3) is 32.4 Å². The van der Waals surface area contributed by atoms with Gasteiger partial charge in [0.15, 0.2) is 11.5 Å².